The number of ether oxygens (including phenoxy) is 1. The molecule has 2 heterocycles. The van der Waals surface area contributed by atoms with Gasteiger partial charge in [-0.1, -0.05) is 17.7 Å². The van der Waals surface area contributed by atoms with E-state index in [9.17, 15) is 14.9 Å². The van der Waals surface area contributed by atoms with E-state index >= 15 is 0 Å². The molecule has 1 fully saturated rings. The smallest absolute Gasteiger partial charge is 0.315 e. The third kappa shape index (κ3) is 5.79. The molecule has 1 aromatic heterocycles. The fraction of sp³-hybridized carbons (Fsp3) is 0.467. The number of nitro groups is 1. The van der Waals surface area contributed by atoms with Crippen molar-refractivity contribution in [2.45, 2.75) is 13.5 Å². The fourth-order valence-electron chi connectivity index (χ4n) is 2.34. The Morgan fingerprint density at radius 3 is 2.96 bits per heavy atom. The molecule has 0 spiro atoms. The van der Waals surface area contributed by atoms with E-state index in [1.165, 1.54) is 0 Å². The number of aromatic nitrogens is 1. The Morgan fingerprint density at radius 1 is 1.52 bits per heavy atom. The molecule has 0 aliphatic carbocycles. The van der Waals surface area contributed by atoms with Crippen LogP contribution < -0.4 is 5.32 Å². The van der Waals surface area contributed by atoms with E-state index in [-0.39, 0.29) is 23.2 Å². The van der Waals surface area contributed by atoms with Crippen molar-refractivity contribution in [1.29, 1.82) is 0 Å². The lowest BCUT2D eigenvalue weighted by Gasteiger charge is -2.18. The summed E-state index contributed by atoms with van der Waals surface area (Å²) in [5, 5.41) is 14.9. The van der Waals surface area contributed by atoms with Crippen LogP contribution in [0.4, 0.5) is 0 Å². The summed E-state index contributed by atoms with van der Waals surface area (Å²) in [5.41, 5.74) is 0.959. The lowest BCUT2D eigenvalue weighted by molar-refractivity contribution is -0.425. The van der Waals surface area contributed by atoms with Crippen LogP contribution in [0.5, 0.6) is 0 Å². The van der Waals surface area contributed by atoms with E-state index in [0.29, 0.717) is 37.2 Å². The van der Waals surface area contributed by atoms with Crippen LogP contribution in [0.15, 0.2) is 29.8 Å². The highest BCUT2D eigenvalue weighted by Crippen LogP contribution is 2.20. The van der Waals surface area contributed by atoms with Crippen molar-refractivity contribution in [1.82, 2.24) is 15.2 Å². The highest BCUT2D eigenvalue weighted by atomic mass is 35.5. The minimum absolute atomic E-state index is 0.0497. The number of carbonyl (C=O) groups excluding carboxylic acids is 1. The molecule has 10 heteroatoms. The Morgan fingerprint density at radius 2 is 2.32 bits per heavy atom. The van der Waals surface area contributed by atoms with Gasteiger partial charge in [0, 0.05) is 25.8 Å². The van der Waals surface area contributed by atoms with Gasteiger partial charge in [-0.25, -0.2) is 4.98 Å². The first-order chi connectivity index (χ1) is 12.0. The lowest BCUT2D eigenvalue weighted by atomic mass is 10.2. The molecular weight excluding hydrogens is 368 g/mol. The van der Waals surface area contributed by atoms with Crippen LogP contribution in [0.3, 0.4) is 0 Å². The van der Waals surface area contributed by atoms with E-state index < -0.39 is 4.92 Å². The predicted molar refractivity (Wildman–Crippen MR) is 95.6 cm³/mol. The Labute approximate surface area is 154 Å². The van der Waals surface area contributed by atoms with E-state index in [4.69, 9.17) is 16.3 Å². The van der Waals surface area contributed by atoms with Crippen molar-refractivity contribution in [3.05, 3.63) is 50.7 Å². The molecule has 0 atom stereocenters. The van der Waals surface area contributed by atoms with Gasteiger partial charge in [-0.15, -0.1) is 11.8 Å². The standard InChI is InChI=1S/C15H19ClN4O4S/c1-2-24-14(21)10-25-9-12(20(22)23)15-17-5-6-19(15)8-11-3-4-13(16)18-7-11/h3-4,7,17H,2,5-6,8-10H2,1H3/b15-12-. The lowest BCUT2D eigenvalue weighted by Crippen LogP contribution is -2.25. The van der Waals surface area contributed by atoms with Gasteiger partial charge in [0.15, 0.2) is 5.82 Å². The zero-order valence-electron chi connectivity index (χ0n) is 13.7. The molecule has 8 nitrogen and oxygen atoms in total. The monoisotopic (exact) mass is 386 g/mol. The first kappa shape index (κ1) is 19.3. The predicted octanol–water partition coefficient (Wildman–Crippen LogP) is 1.88. The maximum Gasteiger partial charge on any atom is 0.315 e. The van der Waals surface area contributed by atoms with Crippen LogP contribution in [0.25, 0.3) is 0 Å². The molecule has 1 aliphatic rings. The van der Waals surface area contributed by atoms with Crippen molar-refractivity contribution in [2.24, 2.45) is 0 Å². The summed E-state index contributed by atoms with van der Waals surface area (Å²) < 4.78 is 4.83. The molecule has 1 aliphatic heterocycles. The molecule has 0 bridgehead atoms. The van der Waals surface area contributed by atoms with Crippen LogP contribution in [0.2, 0.25) is 5.15 Å². The third-order valence-electron chi connectivity index (χ3n) is 3.41. The average Bonchev–Trinajstić information content (AvgIpc) is 3.01. The number of pyridine rings is 1. The van der Waals surface area contributed by atoms with E-state index in [2.05, 4.69) is 10.3 Å². The Hall–Kier alpha value is -2.00. The summed E-state index contributed by atoms with van der Waals surface area (Å²) >= 11 is 6.94. The highest BCUT2D eigenvalue weighted by molar-refractivity contribution is 8.00. The second-order valence-corrected chi connectivity index (χ2v) is 6.56. The van der Waals surface area contributed by atoms with Gasteiger partial charge < -0.3 is 15.0 Å². The minimum Gasteiger partial charge on any atom is -0.465 e. The fourth-order valence-corrected chi connectivity index (χ4v) is 3.24. The molecule has 0 unspecified atom stereocenters. The first-order valence-corrected chi connectivity index (χ1v) is 9.24. The number of nitrogens with one attached hydrogen (secondary N) is 1. The number of hydrogen-bond acceptors (Lipinski definition) is 8. The summed E-state index contributed by atoms with van der Waals surface area (Å²) in [6.07, 6.45) is 1.65. The quantitative estimate of drug-likeness (QED) is 0.313. The molecule has 1 saturated heterocycles. The van der Waals surface area contributed by atoms with Crippen LogP contribution in [0, 0.1) is 10.1 Å². The number of halogens is 1. The first-order valence-electron chi connectivity index (χ1n) is 7.71. The minimum atomic E-state index is -0.404. The van der Waals surface area contributed by atoms with Gasteiger partial charge in [0.05, 0.1) is 23.0 Å². The summed E-state index contributed by atoms with van der Waals surface area (Å²) in [6, 6.07) is 3.53. The van der Waals surface area contributed by atoms with E-state index in [0.717, 1.165) is 17.3 Å². The second kappa shape index (κ2) is 9.47. The van der Waals surface area contributed by atoms with E-state index in [1.54, 1.807) is 19.2 Å². The third-order valence-corrected chi connectivity index (χ3v) is 4.55. The summed E-state index contributed by atoms with van der Waals surface area (Å²) in [4.78, 5) is 28.3. The molecule has 0 aromatic carbocycles. The molecule has 0 amide bonds. The molecule has 0 saturated carbocycles. The second-order valence-electron chi connectivity index (χ2n) is 5.19. The Balaban J connectivity index is 2.06. The SMILES string of the molecule is CCOC(=O)CSC/C(=C1\NCCN1Cc1ccc(Cl)nc1)[N+](=O)[O-]. The van der Waals surface area contributed by atoms with Gasteiger partial charge >= 0.3 is 5.97 Å². The zero-order valence-corrected chi connectivity index (χ0v) is 15.3. The molecule has 2 rings (SSSR count). The number of rotatable bonds is 8. The van der Waals surface area contributed by atoms with Crippen molar-refractivity contribution in [3.63, 3.8) is 0 Å². The number of hydrogen-bond donors (Lipinski definition) is 1. The molecule has 1 aromatic rings. The van der Waals surface area contributed by atoms with Crippen LogP contribution in [-0.2, 0) is 16.1 Å². The summed E-state index contributed by atoms with van der Waals surface area (Å²) in [6.45, 7) is 3.78. The number of carbonyl (C=O) groups is 1. The zero-order chi connectivity index (χ0) is 18.2. The normalized spacial score (nSPS) is 15.7. The van der Waals surface area contributed by atoms with Gasteiger partial charge in [-0.05, 0) is 18.6 Å². The highest BCUT2D eigenvalue weighted by Gasteiger charge is 2.28. The number of nitrogens with zero attached hydrogens (tertiary/aromatic N) is 3. The van der Waals surface area contributed by atoms with Crippen molar-refractivity contribution < 1.29 is 14.5 Å². The van der Waals surface area contributed by atoms with Gasteiger partial charge in [0.25, 0.3) is 5.70 Å². The van der Waals surface area contributed by atoms with Crippen LogP contribution in [-0.4, -0.2) is 52.0 Å². The van der Waals surface area contributed by atoms with Gasteiger partial charge in [-0.3, -0.25) is 14.9 Å². The topological polar surface area (TPSA) is 97.6 Å². The molecule has 0 radical (unpaired) electrons. The van der Waals surface area contributed by atoms with Crippen LogP contribution in [0.1, 0.15) is 12.5 Å². The average molecular weight is 387 g/mol. The molecule has 1 N–H and O–H groups in total. The molecule has 25 heavy (non-hydrogen) atoms. The Bertz CT molecular complexity index is 653. The number of thioether (sulfide) groups is 1. The maximum absolute atomic E-state index is 11.5. The van der Waals surface area contributed by atoms with Gasteiger partial charge in [0.1, 0.15) is 5.15 Å². The summed E-state index contributed by atoms with van der Waals surface area (Å²) in [7, 11) is 0. The van der Waals surface area contributed by atoms with Gasteiger partial charge in [-0.2, -0.15) is 0 Å². The molecule has 136 valence electrons. The maximum atomic E-state index is 11.5. The van der Waals surface area contributed by atoms with Crippen LogP contribution >= 0.6 is 23.4 Å². The largest absolute Gasteiger partial charge is 0.465 e. The van der Waals surface area contributed by atoms with Gasteiger partial charge in [0.2, 0.25) is 0 Å². The van der Waals surface area contributed by atoms with Crippen molar-refractivity contribution in [3.8, 4) is 0 Å². The Kier molecular flexibility index (Phi) is 7.32. The summed E-state index contributed by atoms with van der Waals surface area (Å²) in [5.74, 6) is 0.309. The van der Waals surface area contributed by atoms with Crippen molar-refractivity contribution >= 4 is 29.3 Å². The van der Waals surface area contributed by atoms with Crippen molar-refractivity contribution in [2.75, 3.05) is 31.2 Å². The molecular formula is C15H19ClN4O4S. The number of esters is 1. The van der Waals surface area contributed by atoms with E-state index in [1.807, 2.05) is 11.0 Å².